The zero-order valence-corrected chi connectivity index (χ0v) is 46.8. The third-order valence-corrected chi connectivity index (χ3v) is 14.8. The number of rotatable bonds is 7. The van der Waals surface area contributed by atoms with Crippen LogP contribution in [0.4, 0.5) is 0 Å². The maximum absolute atomic E-state index is 13.9. The molecule has 6 aromatic heterocycles. The number of nitrogens with one attached hydrogen (secondary N) is 3. The Morgan fingerprint density at radius 3 is 1.95 bits per heavy atom. The van der Waals surface area contributed by atoms with E-state index >= 15 is 0 Å². The molecule has 13 heteroatoms. The van der Waals surface area contributed by atoms with E-state index in [1.807, 2.05) is 143 Å². The summed E-state index contributed by atoms with van der Waals surface area (Å²) in [6.45, 7) is 4.77. The average molecular weight is 1080 g/mol. The van der Waals surface area contributed by atoms with Crippen molar-refractivity contribution in [2.45, 2.75) is 32.2 Å². The minimum atomic E-state index is -0.404. The number of fused-ring (bicyclic) bond motifs is 16. The fourth-order valence-corrected chi connectivity index (χ4v) is 10.6. The molecule has 12 nitrogen and oxygen atoms in total. The summed E-state index contributed by atoms with van der Waals surface area (Å²) in [5, 5.41) is 3.15. The van der Waals surface area contributed by atoms with Crippen LogP contribution in [-0.2, 0) is 42.6 Å². The van der Waals surface area contributed by atoms with E-state index in [9.17, 15) is 9.59 Å². The maximum atomic E-state index is 13.9. The second-order valence-corrected chi connectivity index (χ2v) is 20.6. The van der Waals surface area contributed by atoms with Crippen LogP contribution in [0.3, 0.4) is 0 Å². The number of aromatic nitrogens is 8. The van der Waals surface area contributed by atoms with Crippen LogP contribution >= 0.6 is 0 Å². The molecule has 0 saturated heterocycles. The fraction of sp³-hybridized carbons (Fsp3) is 0.0909. The fourth-order valence-electron chi connectivity index (χ4n) is 10.6. The second-order valence-electron chi connectivity index (χ2n) is 20.6. The van der Waals surface area contributed by atoms with E-state index in [0.29, 0.717) is 17.7 Å². The van der Waals surface area contributed by atoms with Gasteiger partial charge in [0.1, 0.15) is 22.8 Å². The van der Waals surface area contributed by atoms with Crippen LogP contribution in [0.1, 0.15) is 85.7 Å². The number of hydrogen-bond donors (Lipinski definition) is 3. The Hall–Kier alpha value is -9.58. The molecule has 0 aliphatic carbocycles. The number of methoxy groups -OCH3 is 1. The van der Waals surface area contributed by atoms with Crippen LogP contribution in [-0.4, -0.2) is 38.9 Å². The van der Waals surface area contributed by atoms with Gasteiger partial charge in [0.2, 0.25) is 0 Å². The van der Waals surface area contributed by atoms with Crippen molar-refractivity contribution in [3.8, 4) is 33.4 Å². The normalized spacial score (nSPS) is 13.1. The molecular weight excluding hydrogens is 1030 g/mol. The van der Waals surface area contributed by atoms with Gasteiger partial charge in [-0.3, -0.25) is 9.78 Å². The predicted octanol–water partition coefficient (Wildman–Crippen LogP) is 12.0. The number of amides is 1. The van der Waals surface area contributed by atoms with Gasteiger partial charge in [-0.25, -0.2) is 9.78 Å². The van der Waals surface area contributed by atoms with Crippen molar-refractivity contribution in [1.82, 2.24) is 35.2 Å². The van der Waals surface area contributed by atoms with Crippen LogP contribution in [0.5, 0.6) is 0 Å². The minimum Gasteiger partial charge on any atom is -0.659 e. The molecule has 382 valence electrons. The Balaban J connectivity index is 0.00000623. The molecule has 0 saturated carbocycles. The summed E-state index contributed by atoms with van der Waals surface area (Å²) in [6.07, 6.45) is 12.9. The molecule has 4 aliphatic heterocycles. The van der Waals surface area contributed by atoms with Crippen molar-refractivity contribution in [3.63, 3.8) is 0 Å². The molecule has 3 N–H and O–H groups in total. The Morgan fingerprint density at radius 1 is 0.620 bits per heavy atom. The van der Waals surface area contributed by atoms with Gasteiger partial charge in [-0.05, 0) is 101 Å². The molecule has 0 unspecified atom stereocenters. The number of carbonyl (C=O) groups is 2. The molecule has 10 heterocycles. The number of hydrogen-bond acceptors (Lipinski definition) is 5. The summed E-state index contributed by atoms with van der Waals surface area (Å²) in [4.78, 5) is 53.9. The molecule has 9 aromatic rings. The number of carbonyl (C=O) groups excluding carboxylic acids is 2. The topological polar surface area (TPSA) is 149 Å². The van der Waals surface area contributed by atoms with E-state index in [1.54, 1.807) is 12.1 Å². The molecule has 1 amide bonds. The molecule has 0 atom stereocenters. The summed E-state index contributed by atoms with van der Waals surface area (Å²) < 4.78 is 8.81. The van der Waals surface area contributed by atoms with Crippen LogP contribution in [0.15, 0.2) is 152 Å². The van der Waals surface area contributed by atoms with E-state index in [0.717, 1.165) is 135 Å². The molecule has 4 aliphatic rings. The smallest absolute Gasteiger partial charge is 0.337 e. The number of H-pyrrole nitrogens is 2. The number of nitrogens with zero attached hydrogens (tertiary/aromatic N) is 6. The van der Waals surface area contributed by atoms with Gasteiger partial charge in [-0.1, -0.05) is 129 Å². The predicted molar refractivity (Wildman–Crippen MR) is 309 cm³/mol. The molecule has 0 spiro atoms. The Bertz CT molecular complexity index is 4420. The van der Waals surface area contributed by atoms with Crippen molar-refractivity contribution < 1.29 is 42.9 Å². The van der Waals surface area contributed by atoms with Crippen LogP contribution < -0.4 is 24.4 Å². The maximum Gasteiger partial charge on any atom is 0.337 e. The molecule has 16 bridgehead atoms. The molecule has 0 fully saturated rings. The molecule has 0 radical (unpaired) electrons. The number of esters is 1. The van der Waals surface area contributed by atoms with E-state index in [1.165, 1.54) is 7.11 Å². The molecule has 3 aromatic carbocycles. The van der Waals surface area contributed by atoms with E-state index in [2.05, 4.69) is 85.7 Å². The number of ether oxygens (including phenoxy) is 1. The van der Waals surface area contributed by atoms with Gasteiger partial charge >= 0.3 is 5.97 Å². The van der Waals surface area contributed by atoms with Gasteiger partial charge in [-0.2, -0.15) is 0 Å². The first kappa shape index (κ1) is 50.3. The zero-order valence-electron chi connectivity index (χ0n) is 43.8. The van der Waals surface area contributed by atoms with E-state index < -0.39 is 5.97 Å². The third kappa shape index (κ3) is 9.70. The Labute approximate surface area is 468 Å². The third-order valence-electron chi connectivity index (χ3n) is 14.8. The Morgan fingerprint density at radius 2 is 1.24 bits per heavy atom. The molecule has 13 rings (SSSR count). The summed E-state index contributed by atoms with van der Waals surface area (Å²) in [5.74, 6) is -0.598. The Kier molecular flexibility index (Phi) is 12.8. The van der Waals surface area contributed by atoms with Crippen molar-refractivity contribution in [3.05, 3.63) is 228 Å². The summed E-state index contributed by atoms with van der Waals surface area (Å²) in [7, 11) is 10.1. The van der Waals surface area contributed by atoms with Gasteiger partial charge in [0, 0.05) is 102 Å². The van der Waals surface area contributed by atoms with Crippen molar-refractivity contribution in [1.29, 1.82) is 0 Å². The van der Waals surface area contributed by atoms with Gasteiger partial charge < -0.3 is 39.1 Å². The summed E-state index contributed by atoms with van der Waals surface area (Å²) in [5.41, 5.74) is 21.2. The first-order valence-corrected chi connectivity index (χ1v) is 25.7. The van der Waals surface area contributed by atoms with E-state index in [-0.39, 0.29) is 30.8 Å². The minimum absolute atomic E-state index is 0. The number of aromatic amines is 2. The van der Waals surface area contributed by atoms with Crippen LogP contribution in [0.25, 0.3) is 114 Å². The van der Waals surface area contributed by atoms with Gasteiger partial charge in [-0.15, -0.1) is 22.1 Å². The van der Waals surface area contributed by atoms with Crippen molar-refractivity contribution in [2.75, 3.05) is 7.11 Å². The van der Waals surface area contributed by atoms with Gasteiger partial charge in [0.15, 0.2) is 0 Å². The summed E-state index contributed by atoms with van der Waals surface area (Å²) in [6, 6.07) is 50.0. The standard InChI is InChI=1S/C66H53N9O3.Zn/c1-66(2)37-51-34-58-55(36-59(73-58)62(41-12-16-44(17-13-41)65(77)78-5)56-27-22-46(70-56)30-45-18-21-50(68-45)35-61(66)72-51)40-8-6-39(7-9-40)38-67-64(76)43-14-10-42(11-15-43)63-57-28-23-49(71-57)33-53-25-24-52(74(53)3)31-47-19-20-48(69-47)32-54-26-29-60(63)75(54)4;/h6-36H,3-4,37-38H2,1-2,5H3,(H5,67,68,69,70,71,72,73,76,77);/p-2. The second kappa shape index (κ2) is 20.1. The largest absolute Gasteiger partial charge is 0.659 e. The monoisotopic (exact) mass is 1080 g/mol. The first-order valence-electron chi connectivity index (χ1n) is 25.7. The average Bonchev–Trinajstić information content (AvgIpc) is 4.35. The SMILES string of the molecule is [CH2-][n+]1c2cc3ccc(cc4[n+]([CH2-])c(c(-c5ccc(C(=O)NCc6ccc(-c7cc8[nH]c7cc7nc(cc9ccc(cc%10nc(c8-c8ccc(C(=O)OC)cc8)C=C%10)[nH]9)C(C)(C)C7)cc6)cc5)c5ccc(cc1C=C2)[n-]5)C=C4)[n-]3.[Zn]. The molecular formula is C66H51N9O3Zn-2. The van der Waals surface area contributed by atoms with Crippen LogP contribution in [0.2, 0.25) is 0 Å². The van der Waals surface area contributed by atoms with Gasteiger partial charge in [0.25, 0.3) is 5.91 Å². The van der Waals surface area contributed by atoms with Gasteiger partial charge in [0.05, 0.1) is 24.1 Å². The van der Waals surface area contributed by atoms with Crippen molar-refractivity contribution >= 4 is 92.5 Å². The van der Waals surface area contributed by atoms with Crippen LogP contribution in [0, 0.1) is 14.1 Å². The van der Waals surface area contributed by atoms with Crippen molar-refractivity contribution in [2.24, 2.45) is 0 Å². The first-order chi connectivity index (χ1) is 37.9. The summed E-state index contributed by atoms with van der Waals surface area (Å²) >= 11 is 0. The molecule has 79 heavy (non-hydrogen) atoms. The van der Waals surface area contributed by atoms with E-state index in [4.69, 9.17) is 24.7 Å². The quantitative estimate of drug-likeness (QED) is 0.0623. The number of benzene rings is 3. The zero-order chi connectivity index (χ0) is 53.2.